The molecule has 0 radical (unpaired) electrons. The van der Waals surface area contributed by atoms with Crippen LogP contribution in [0.15, 0.2) is 22.9 Å². The molecule has 26 heavy (non-hydrogen) atoms. The molecule has 1 saturated heterocycles. The van der Waals surface area contributed by atoms with Crippen LogP contribution in [0.1, 0.15) is 38.0 Å². The normalized spacial score (nSPS) is 18.5. The first-order chi connectivity index (χ1) is 12.7. The van der Waals surface area contributed by atoms with E-state index >= 15 is 0 Å². The van der Waals surface area contributed by atoms with Crippen molar-refractivity contribution >= 4 is 11.7 Å². The second kappa shape index (κ2) is 7.43. The molecule has 1 aliphatic carbocycles. The van der Waals surface area contributed by atoms with Crippen LogP contribution < -0.4 is 4.90 Å². The quantitative estimate of drug-likeness (QED) is 0.839. The highest BCUT2D eigenvalue weighted by molar-refractivity contribution is 5.76. The van der Waals surface area contributed by atoms with Crippen LogP contribution in [0.4, 0.5) is 5.82 Å². The smallest absolute Gasteiger partial charge is 0.223 e. The van der Waals surface area contributed by atoms with Crippen LogP contribution in [0.3, 0.4) is 0 Å². The van der Waals surface area contributed by atoms with E-state index in [1.165, 1.54) is 25.7 Å². The third-order valence-corrected chi connectivity index (χ3v) is 5.43. The van der Waals surface area contributed by atoms with Crippen molar-refractivity contribution in [3.63, 3.8) is 0 Å². The topological polar surface area (TPSA) is 75.4 Å². The van der Waals surface area contributed by atoms with Crippen LogP contribution >= 0.6 is 0 Å². The minimum absolute atomic E-state index is 0.326. The van der Waals surface area contributed by atoms with E-state index < -0.39 is 0 Å². The number of hydrogen-bond donors (Lipinski definition) is 0. The molecule has 2 aliphatic rings. The van der Waals surface area contributed by atoms with Crippen LogP contribution in [-0.4, -0.2) is 52.1 Å². The lowest BCUT2D eigenvalue weighted by Gasteiger charge is -2.36. The van der Waals surface area contributed by atoms with E-state index in [0.717, 1.165) is 44.0 Å². The summed E-state index contributed by atoms with van der Waals surface area (Å²) in [4.78, 5) is 25.5. The summed E-state index contributed by atoms with van der Waals surface area (Å²) in [7, 11) is 0. The van der Waals surface area contributed by atoms with Crippen LogP contribution in [0.2, 0.25) is 0 Å². The summed E-state index contributed by atoms with van der Waals surface area (Å²) in [5.41, 5.74) is 0.843. The summed E-state index contributed by atoms with van der Waals surface area (Å²) in [6.07, 6.45) is 7.53. The zero-order chi connectivity index (χ0) is 17.9. The molecule has 138 valence electrons. The number of aryl methyl sites for hydroxylation is 1. The molecule has 1 aliphatic heterocycles. The molecule has 0 spiro atoms. The first-order valence-corrected chi connectivity index (χ1v) is 9.48. The Bertz CT molecular complexity index is 744. The van der Waals surface area contributed by atoms with E-state index in [9.17, 15) is 4.79 Å². The molecule has 7 nitrogen and oxygen atoms in total. The summed E-state index contributed by atoms with van der Waals surface area (Å²) in [5.74, 6) is 2.97. The van der Waals surface area contributed by atoms with E-state index in [2.05, 4.69) is 20.0 Å². The van der Waals surface area contributed by atoms with Gasteiger partial charge in [0.1, 0.15) is 5.82 Å². The second-order valence-electron chi connectivity index (χ2n) is 7.26. The highest BCUT2D eigenvalue weighted by Crippen LogP contribution is 2.28. The van der Waals surface area contributed by atoms with Crippen molar-refractivity contribution in [3.05, 3.63) is 24.2 Å². The fourth-order valence-corrected chi connectivity index (χ4v) is 3.90. The molecule has 0 N–H and O–H groups in total. The fraction of sp³-hybridized carbons (Fsp3) is 0.579. The van der Waals surface area contributed by atoms with Gasteiger partial charge < -0.3 is 14.3 Å². The number of hydrogen-bond acceptors (Lipinski definition) is 6. The van der Waals surface area contributed by atoms with Crippen molar-refractivity contribution in [2.75, 3.05) is 31.1 Å². The first kappa shape index (κ1) is 17.0. The predicted octanol–water partition coefficient (Wildman–Crippen LogP) is 2.67. The maximum Gasteiger partial charge on any atom is 0.223 e. The largest absolute Gasteiger partial charge is 0.353 e. The fourth-order valence-electron chi connectivity index (χ4n) is 3.90. The molecule has 1 saturated carbocycles. The van der Waals surface area contributed by atoms with Gasteiger partial charge in [0.15, 0.2) is 0 Å². The molecule has 0 atom stereocenters. The number of carbonyl (C=O) groups excluding carboxylic acids is 1. The second-order valence-corrected chi connectivity index (χ2v) is 7.26. The van der Waals surface area contributed by atoms with Crippen molar-refractivity contribution < 1.29 is 9.32 Å². The summed E-state index contributed by atoms with van der Waals surface area (Å²) in [6, 6.07) is 3.95. The van der Waals surface area contributed by atoms with E-state index in [0.29, 0.717) is 23.5 Å². The van der Waals surface area contributed by atoms with Gasteiger partial charge in [-0.25, -0.2) is 4.98 Å². The monoisotopic (exact) mass is 355 g/mol. The van der Waals surface area contributed by atoms with Gasteiger partial charge in [-0.2, -0.15) is 4.98 Å². The third kappa shape index (κ3) is 3.71. The van der Waals surface area contributed by atoms with Gasteiger partial charge in [-0.05, 0) is 30.9 Å². The van der Waals surface area contributed by atoms with Crippen LogP contribution in [0, 0.1) is 12.8 Å². The zero-order valence-corrected chi connectivity index (χ0v) is 15.2. The van der Waals surface area contributed by atoms with Crippen molar-refractivity contribution in [3.8, 4) is 11.4 Å². The van der Waals surface area contributed by atoms with Gasteiger partial charge >= 0.3 is 0 Å². The number of pyridine rings is 1. The molecule has 3 heterocycles. The molecule has 4 rings (SSSR count). The Balaban J connectivity index is 1.32. The summed E-state index contributed by atoms with van der Waals surface area (Å²) < 4.78 is 5.01. The minimum Gasteiger partial charge on any atom is -0.353 e. The van der Waals surface area contributed by atoms with Crippen LogP contribution in [-0.2, 0) is 4.79 Å². The lowest BCUT2D eigenvalue weighted by molar-refractivity contribution is -0.132. The first-order valence-electron chi connectivity index (χ1n) is 9.48. The van der Waals surface area contributed by atoms with E-state index in [-0.39, 0.29) is 0 Å². The molecule has 2 fully saturated rings. The number of amides is 1. The zero-order valence-electron chi connectivity index (χ0n) is 15.2. The molecule has 0 bridgehead atoms. The number of aromatic nitrogens is 3. The Morgan fingerprint density at radius 1 is 1.19 bits per heavy atom. The lowest BCUT2D eigenvalue weighted by atomic mass is 10.0. The summed E-state index contributed by atoms with van der Waals surface area (Å²) >= 11 is 0. The highest BCUT2D eigenvalue weighted by atomic mass is 16.5. The van der Waals surface area contributed by atoms with Gasteiger partial charge in [0, 0.05) is 51.3 Å². The average Bonchev–Trinajstić information content (AvgIpc) is 3.34. The SMILES string of the molecule is Cc1nc(-c2ccc(N3CCN(C(=O)CC4CCCC4)CC3)nc2)no1. The number of rotatable bonds is 4. The van der Waals surface area contributed by atoms with Gasteiger partial charge in [0.2, 0.25) is 17.6 Å². The number of piperazine rings is 1. The Morgan fingerprint density at radius 2 is 1.96 bits per heavy atom. The average molecular weight is 355 g/mol. The van der Waals surface area contributed by atoms with Crippen molar-refractivity contribution in [1.82, 2.24) is 20.0 Å². The van der Waals surface area contributed by atoms with Crippen LogP contribution in [0.25, 0.3) is 11.4 Å². The van der Waals surface area contributed by atoms with Gasteiger partial charge in [-0.1, -0.05) is 18.0 Å². The lowest BCUT2D eigenvalue weighted by Crippen LogP contribution is -2.49. The summed E-state index contributed by atoms with van der Waals surface area (Å²) in [5, 5.41) is 3.92. The summed E-state index contributed by atoms with van der Waals surface area (Å²) in [6.45, 7) is 4.97. The molecule has 2 aromatic rings. The molecular weight excluding hydrogens is 330 g/mol. The maximum atomic E-state index is 12.5. The van der Waals surface area contributed by atoms with Gasteiger partial charge in [-0.3, -0.25) is 4.79 Å². The molecule has 2 aromatic heterocycles. The van der Waals surface area contributed by atoms with E-state index in [4.69, 9.17) is 4.52 Å². The third-order valence-electron chi connectivity index (χ3n) is 5.43. The molecule has 0 unspecified atom stereocenters. The molecule has 7 heteroatoms. The highest BCUT2D eigenvalue weighted by Gasteiger charge is 2.25. The minimum atomic E-state index is 0.326. The Morgan fingerprint density at radius 3 is 2.58 bits per heavy atom. The standard InChI is InChI=1S/C19H25N5O2/c1-14-21-19(22-26-14)16-6-7-17(20-13-16)23-8-10-24(11-9-23)18(25)12-15-4-2-3-5-15/h6-7,13,15H,2-5,8-12H2,1H3. The predicted molar refractivity (Wildman–Crippen MR) is 97.6 cm³/mol. The van der Waals surface area contributed by atoms with E-state index in [1.54, 1.807) is 13.1 Å². The van der Waals surface area contributed by atoms with Gasteiger partial charge in [0.05, 0.1) is 0 Å². The Hall–Kier alpha value is -2.44. The molecule has 1 amide bonds. The number of carbonyl (C=O) groups is 1. The Labute approximate surface area is 153 Å². The molecule has 0 aromatic carbocycles. The number of nitrogens with zero attached hydrogens (tertiary/aromatic N) is 5. The van der Waals surface area contributed by atoms with Crippen LogP contribution in [0.5, 0.6) is 0 Å². The van der Waals surface area contributed by atoms with Gasteiger partial charge in [0.25, 0.3) is 0 Å². The molecular formula is C19H25N5O2. The van der Waals surface area contributed by atoms with Crippen molar-refractivity contribution in [2.45, 2.75) is 39.0 Å². The van der Waals surface area contributed by atoms with Crippen molar-refractivity contribution in [2.24, 2.45) is 5.92 Å². The maximum absolute atomic E-state index is 12.5. The number of anilines is 1. The Kier molecular flexibility index (Phi) is 4.86. The van der Waals surface area contributed by atoms with Crippen molar-refractivity contribution in [1.29, 1.82) is 0 Å². The van der Waals surface area contributed by atoms with E-state index in [1.807, 2.05) is 17.0 Å². The van der Waals surface area contributed by atoms with Gasteiger partial charge in [-0.15, -0.1) is 0 Å².